The number of nitrogens with zero attached hydrogens (tertiary/aromatic N) is 1. The van der Waals surface area contributed by atoms with Crippen molar-refractivity contribution in [2.75, 3.05) is 4.90 Å². The predicted octanol–water partition coefficient (Wildman–Crippen LogP) is 16.4. The normalized spacial score (nSPS) is 11.4. The summed E-state index contributed by atoms with van der Waals surface area (Å²) >= 11 is 0. The molecule has 0 atom stereocenters. The van der Waals surface area contributed by atoms with Crippen LogP contribution in [0.4, 0.5) is 17.1 Å². The fourth-order valence-electron chi connectivity index (χ4n) is 9.01. The molecule has 0 aromatic heterocycles. The van der Waals surface area contributed by atoms with Gasteiger partial charge in [-0.3, -0.25) is 0 Å². The van der Waals surface area contributed by atoms with Crippen LogP contribution >= 0.6 is 0 Å². The fraction of sp³-hybridized carbons (Fsp3) is 0. The molecule has 11 aromatic carbocycles. The maximum Gasteiger partial charge on any atom is 0.0468 e. The zero-order valence-electron chi connectivity index (χ0n) is 32.5. The molecular weight excluding hydrogens is 711 g/mol. The van der Waals surface area contributed by atoms with Crippen molar-refractivity contribution in [2.45, 2.75) is 0 Å². The van der Waals surface area contributed by atoms with Crippen LogP contribution in [0.15, 0.2) is 237 Å². The molecule has 0 radical (unpaired) electrons. The molecule has 0 saturated carbocycles. The van der Waals surface area contributed by atoms with E-state index < -0.39 is 0 Å². The van der Waals surface area contributed by atoms with Gasteiger partial charge in [-0.25, -0.2) is 0 Å². The maximum atomic E-state index is 2.39. The van der Waals surface area contributed by atoms with E-state index in [1.54, 1.807) is 0 Å². The van der Waals surface area contributed by atoms with Crippen molar-refractivity contribution >= 4 is 60.2 Å². The molecule has 0 amide bonds. The van der Waals surface area contributed by atoms with E-state index >= 15 is 0 Å². The van der Waals surface area contributed by atoms with Crippen LogP contribution in [-0.4, -0.2) is 0 Å². The molecule has 11 aromatic rings. The highest BCUT2D eigenvalue weighted by atomic mass is 15.1. The van der Waals surface area contributed by atoms with Gasteiger partial charge in [0, 0.05) is 17.1 Å². The molecule has 59 heavy (non-hydrogen) atoms. The molecule has 0 N–H and O–H groups in total. The molecule has 0 aliphatic carbocycles. The summed E-state index contributed by atoms with van der Waals surface area (Å²) in [6, 6.07) is 86.2. The molecule has 0 spiro atoms. The monoisotopic (exact) mass is 749 g/mol. The van der Waals surface area contributed by atoms with Gasteiger partial charge in [0.25, 0.3) is 0 Å². The second-order valence-electron chi connectivity index (χ2n) is 15.3. The van der Waals surface area contributed by atoms with Crippen molar-refractivity contribution in [1.82, 2.24) is 0 Å². The molecular formula is C58H39N. The third-order valence-corrected chi connectivity index (χ3v) is 11.8. The van der Waals surface area contributed by atoms with Gasteiger partial charge in [0.15, 0.2) is 0 Å². The Balaban J connectivity index is 1.07. The number of hydrogen-bond acceptors (Lipinski definition) is 1. The lowest BCUT2D eigenvalue weighted by Crippen LogP contribution is -2.10. The van der Waals surface area contributed by atoms with Crippen molar-refractivity contribution < 1.29 is 0 Å². The van der Waals surface area contributed by atoms with Gasteiger partial charge in [-0.1, -0.05) is 188 Å². The van der Waals surface area contributed by atoms with Crippen molar-refractivity contribution in [3.8, 4) is 44.5 Å². The molecule has 11 rings (SSSR count). The van der Waals surface area contributed by atoms with E-state index in [9.17, 15) is 0 Å². The highest BCUT2D eigenvalue weighted by molar-refractivity contribution is 6.15. The zero-order valence-corrected chi connectivity index (χ0v) is 32.5. The first-order valence-corrected chi connectivity index (χ1v) is 20.3. The van der Waals surface area contributed by atoms with Gasteiger partial charge in [-0.2, -0.15) is 0 Å². The third-order valence-electron chi connectivity index (χ3n) is 11.8. The quantitative estimate of drug-likeness (QED) is 0.147. The Hall–Kier alpha value is -7.74. The minimum Gasteiger partial charge on any atom is -0.310 e. The summed E-state index contributed by atoms with van der Waals surface area (Å²) in [6.07, 6.45) is 0. The van der Waals surface area contributed by atoms with Crippen molar-refractivity contribution in [1.29, 1.82) is 0 Å². The Kier molecular flexibility index (Phi) is 8.56. The third kappa shape index (κ3) is 6.21. The predicted molar refractivity (Wildman–Crippen MR) is 253 cm³/mol. The minimum atomic E-state index is 1.09. The van der Waals surface area contributed by atoms with Crippen LogP contribution in [0.2, 0.25) is 0 Å². The smallest absolute Gasteiger partial charge is 0.0468 e. The number of anilines is 3. The Morgan fingerprint density at radius 2 is 0.559 bits per heavy atom. The molecule has 0 aliphatic rings. The van der Waals surface area contributed by atoms with Crippen LogP contribution in [0.3, 0.4) is 0 Å². The average Bonchev–Trinajstić information content (AvgIpc) is 3.32. The van der Waals surface area contributed by atoms with E-state index in [1.807, 2.05) is 0 Å². The van der Waals surface area contributed by atoms with Crippen molar-refractivity contribution in [3.05, 3.63) is 237 Å². The van der Waals surface area contributed by atoms with Crippen LogP contribution in [0.1, 0.15) is 0 Å². The summed E-state index contributed by atoms with van der Waals surface area (Å²) < 4.78 is 0. The van der Waals surface area contributed by atoms with E-state index in [-0.39, 0.29) is 0 Å². The Morgan fingerprint density at radius 3 is 1.03 bits per heavy atom. The second kappa shape index (κ2) is 14.6. The summed E-state index contributed by atoms with van der Waals surface area (Å²) in [7, 11) is 0. The molecule has 1 nitrogen and oxygen atoms in total. The Bertz CT molecular complexity index is 3130. The number of benzene rings is 11. The number of hydrogen-bond donors (Lipinski definition) is 0. The second-order valence-corrected chi connectivity index (χ2v) is 15.3. The fourth-order valence-corrected chi connectivity index (χ4v) is 9.01. The van der Waals surface area contributed by atoms with E-state index in [0.29, 0.717) is 0 Å². The molecule has 276 valence electrons. The Labute approximate surface area is 344 Å². The van der Waals surface area contributed by atoms with E-state index in [0.717, 1.165) is 17.1 Å². The number of rotatable bonds is 7. The highest BCUT2D eigenvalue weighted by Gasteiger charge is 2.18. The molecule has 0 unspecified atom stereocenters. The van der Waals surface area contributed by atoms with Crippen LogP contribution in [-0.2, 0) is 0 Å². The van der Waals surface area contributed by atoms with Gasteiger partial charge in [0.05, 0.1) is 0 Å². The van der Waals surface area contributed by atoms with Gasteiger partial charge < -0.3 is 4.90 Å². The molecule has 1 heteroatoms. The SMILES string of the molecule is c1ccc(-c2ccc(N(c3ccc(-c4cc5ccccc5c5ccccc45)cc3)c3ccc(-c4cc5ccccc5c5ccccc45)cc3)cc2-c2ccccc2)cc1. The lowest BCUT2D eigenvalue weighted by molar-refractivity contribution is 1.28. The van der Waals surface area contributed by atoms with Gasteiger partial charge in [-0.15, -0.1) is 0 Å². The lowest BCUT2D eigenvalue weighted by atomic mass is 9.92. The van der Waals surface area contributed by atoms with Crippen LogP contribution < -0.4 is 4.90 Å². The van der Waals surface area contributed by atoms with E-state index in [4.69, 9.17) is 0 Å². The minimum absolute atomic E-state index is 1.09. The summed E-state index contributed by atoms with van der Waals surface area (Å²) in [5, 5.41) is 10.1. The molecule has 0 heterocycles. The Morgan fingerprint density at radius 1 is 0.203 bits per heavy atom. The summed E-state index contributed by atoms with van der Waals surface area (Å²) in [5.41, 5.74) is 12.9. The lowest BCUT2D eigenvalue weighted by Gasteiger charge is -2.27. The first-order chi connectivity index (χ1) is 29.3. The van der Waals surface area contributed by atoms with Gasteiger partial charge in [-0.05, 0) is 136 Å². The van der Waals surface area contributed by atoms with Crippen LogP contribution in [0.5, 0.6) is 0 Å². The largest absolute Gasteiger partial charge is 0.310 e. The van der Waals surface area contributed by atoms with Crippen molar-refractivity contribution in [2.24, 2.45) is 0 Å². The van der Waals surface area contributed by atoms with Gasteiger partial charge >= 0.3 is 0 Å². The zero-order chi connectivity index (χ0) is 39.1. The van der Waals surface area contributed by atoms with Crippen LogP contribution in [0.25, 0.3) is 87.6 Å². The standard InChI is InChI=1S/C58H39N/c1-3-15-40(16-4-1)51-36-35-48(39-58(51)41-17-5-2-6-18-41)59(46-31-27-42(28-32-46)56-37-44-19-7-9-21-49(44)52-23-11-13-25-54(52)56)47-33-29-43(30-34-47)57-38-45-20-8-10-22-50(45)53-24-12-14-26-55(53)57/h1-39H. The molecule has 0 bridgehead atoms. The van der Waals surface area contributed by atoms with E-state index in [1.165, 1.54) is 87.6 Å². The number of fused-ring (bicyclic) bond motifs is 6. The average molecular weight is 750 g/mol. The highest BCUT2D eigenvalue weighted by Crippen LogP contribution is 2.43. The van der Waals surface area contributed by atoms with Gasteiger partial charge in [0.1, 0.15) is 0 Å². The summed E-state index contributed by atoms with van der Waals surface area (Å²) in [4.78, 5) is 2.39. The van der Waals surface area contributed by atoms with Crippen molar-refractivity contribution in [3.63, 3.8) is 0 Å². The maximum absolute atomic E-state index is 2.39. The van der Waals surface area contributed by atoms with Crippen LogP contribution in [0, 0.1) is 0 Å². The molecule has 0 fully saturated rings. The van der Waals surface area contributed by atoms with E-state index in [2.05, 4.69) is 241 Å². The summed E-state index contributed by atoms with van der Waals surface area (Å²) in [5.74, 6) is 0. The summed E-state index contributed by atoms with van der Waals surface area (Å²) in [6.45, 7) is 0. The first kappa shape index (κ1) is 34.5. The molecule has 0 aliphatic heterocycles. The molecule has 0 saturated heterocycles. The first-order valence-electron chi connectivity index (χ1n) is 20.3. The van der Waals surface area contributed by atoms with Gasteiger partial charge in [0.2, 0.25) is 0 Å². The topological polar surface area (TPSA) is 3.24 Å².